The van der Waals surface area contributed by atoms with Crippen LogP contribution in [-0.4, -0.2) is 48.1 Å². The minimum atomic E-state index is 0.298. The van der Waals surface area contributed by atoms with Gasteiger partial charge in [-0.2, -0.15) is 0 Å². The number of benzene rings is 2. The Balaban J connectivity index is 2.06. The Kier molecular flexibility index (Phi) is 7.62. The molecule has 8 heteroatoms. The summed E-state index contributed by atoms with van der Waals surface area (Å²) < 4.78 is 26.7. The molecule has 2 aromatic rings. The van der Waals surface area contributed by atoms with E-state index >= 15 is 0 Å². The van der Waals surface area contributed by atoms with Gasteiger partial charge in [-0.25, -0.2) is 0 Å². The molecular weight excluding hydrogens is 362 g/mol. The van der Waals surface area contributed by atoms with E-state index in [4.69, 9.17) is 29.4 Å². The molecule has 0 saturated heterocycles. The lowest BCUT2D eigenvalue weighted by atomic mass is 10.1. The maximum atomic E-state index is 6.00. The van der Waals surface area contributed by atoms with E-state index in [0.29, 0.717) is 47.7 Å². The van der Waals surface area contributed by atoms with Gasteiger partial charge in [0.2, 0.25) is 5.75 Å². The monoisotopic (exact) mass is 389 g/mol. The van der Waals surface area contributed by atoms with Crippen molar-refractivity contribution in [2.24, 2.45) is 10.7 Å². The molecule has 0 amide bonds. The molecule has 0 unspecified atom stereocenters. The average molecular weight is 389 g/mol. The molecule has 0 atom stereocenters. The van der Waals surface area contributed by atoms with Gasteiger partial charge in [0.05, 0.1) is 35.5 Å². The Bertz CT molecular complexity index is 824. The first-order valence-corrected chi connectivity index (χ1v) is 8.64. The maximum absolute atomic E-state index is 6.00. The number of aliphatic imine (C=N–C) groups is 1. The van der Waals surface area contributed by atoms with Crippen molar-refractivity contribution in [3.05, 3.63) is 35.9 Å². The highest BCUT2D eigenvalue weighted by Crippen LogP contribution is 2.39. The van der Waals surface area contributed by atoms with Crippen molar-refractivity contribution in [3.63, 3.8) is 0 Å². The zero-order valence-corrected chi connectivity index (χ0v) is 16.9. The number of rotatable bonds is 9. The molecule has 0 aliphatic carbocycles. The van der Waals surface area contributed by atoms with E-state index in [2.05, 4.69) is 10.3 Å². The summed E-state index contributed by atoms with van der Waals surface area (Å²) in [4.78, 5) is 4.37. The number of guanidine groups is 1. The zero-order valence-electron chi connectivity index (χ0n) is 16.9. The fourth-order valence-electron chi connectivity index (χ4n) is 2.76. The normalized spacial score (nSPS) is 11.0. The van der Waals surface area contributed by atoms with Crippen LogP contribution in [-0.2, 0) is 6.42 Å². The van der Waals surface area contributed by atoms with Gasteiger partial charge in [0.1, 0.15) is 0 Å². The SMILES string of the molecule is COc1ccc(NC(N)=NCCc2ccc(OC)c(OC)c2OC)cc1OC. The summed E-state index contributed by atoms with van der Waals surface area (Å²) in [5, 5.41) is 3.04. The quantitative estimate of drug-likeness (QED) is 0.503. The highest BCUT2D eigenvalue weighted by Gasteiger charge is 2.15. The molecule has 0 bridgehead atoms. The second kappa shape index (κ2) is 10.1. The molecule has 0 saturated carbocycles. The summed E-state index contributed by atoms with van der Waals surface area (Å²) in [5.41, 5.74) is 7.69. The minimum absolute atomic E-state index is 0.298. The lowest BCUT2D eigenvalue weighted by molar-refractivity contribution is 0.322. The lowest BCUT2D eigenvalue weighted by Crippen LogP contribution is -2.23. The van der Waals surface area contributed by atoms with Crippen molar-refractivity contribution in [2.75, 3.05) is 47.4 Å². The third kappa shape index (κ3) is 4.91. The van der Waals surface area contributed by atoms with Crippen LogP contribution in [0.15, 0.2) is 35.3 Å². The molecule has 0 fully saturated rings. The van der Waals surface area contributed by atoms with Crippen LogP contribution in [0.3, 0.4) is 0 Å². The number of hydrogen-bond acceptors (Lipinski definition) is 6. The number of anilines is 1. The van der Waals surface area contributed by atoms with Crippen LogP contribution in [0.2, 0.25) is 0 Å². The second-order valence-corrected chi connectivity index (χ2v) is 5.71. The van der Waals surface area contributed by atoms with E-state index in [1.165, 1.54) is 0 Å². The number of hydrogen-bond donors (Lipinski definition) is 2. The third-order valence-corrected chi connectivity index (χ3v) is 4.10. The van der Waals surface area contributed by atoms with Crippen molar-refractivity contribution in [1.82, 2.24) is 0 Å². The summed E-state index contributed by atoms with van der Waals surface area (Å²) in [6.07, 6.45) is 0.623. The molecule has 0 radical (unpaired) electrons. The predicted octanol–water partition coefficient (Wildman–Crippen LogP) is 2.70. The van der Waals surface area contributed by atoms with Gasteiger partial charge in [0.15, 0.2) is 29.0 Å². The summed E-state index contributed by atoms with van der Waals surface area (Å²) >= 11 is 0. The van der Waals surface area contributed by atoms with Crippen molar-refractivity contribution in [2.45, 2.75) is 6.42 Å². The van der Waals surface area contributed by atoms with E-state index in [0.717, 1.165) is 11.3 Å². The van der Waals surface area contributed by atoms with Crippen molar-refractivity contribution < 1.29 is 23.7 Å². The van der Waals surface area contributed by atoms with Crippen molar-refractivity contribution in [1.29, 1.82) is 0 Å². The minimum Gasteiger partial charge on any atom is -0.493 e. The number of ether oxygens (including phenoxy) is 5. The predicted molar refractivity (Wildman–Crippen MR) is 109 cm³/mol. The molecule has 152 valence electrons. The van der Waals surface area contributed by atoms with Crippen molar-refractivity contribution in [3.8, 4) is 28.7 Å². The molecule has 2 aromatic carbocycles. The largest absolute Gasteiger partial charge is 0.493 e. The molecular formula is C20H27N3O5. The summed E-state index contributed by atoms with van der Waals surface area (Å²) in [6.45, 7) is 0.470. The Morgan fingerprint density at radius 2 is 1.46 bits per heavy atom. The number of nitrogens with zero attached hydrogens (tertiary/aromatic N) is 1. The van der Waals surface area contributed by atoms with Crippen LogP contribution in [0.5, 0.6) is 28.7 Å². The smallest absolute Gasteiger partial charge is 0.203 e. The topological polar surface area (TPSA) is 96.6 Å². The number of methoxy groups -OCH3 is 5. The fraction of sp³-hybridized carbons (Fsp3) is 0.350. The highest BCUT2D eigenvalue weighted by atomic mass is 16.5. The van der Waals surface area contributed by atoms with Gasteiger partial charge in [-0.05, 0) is 24.6 Å². The van der Waals surface area contributed by atoms with Gasteiger partial charge < -0.3 is 34.7 Å². The van der Waals surface area contributed by atoms with Crippen LogP contribution in [0.1, 0.15) is 5.56 Å². The van der Waals surface area contributed by atoms with E-state index < -0.39 is 0 Å². The van der Waals surface area contributed by atoms with Gasteiger partial charge in [-0.3, -0.25) is 4.99 Å². The third-order valence-electron chi connectivity index (χ3n) is 4.10. The Morgan fingerprint density at radius 1 is 0.821 bits per heavy atom. The number of nitrogens with one attached hydrogen (secondary N) is 1. The van der Waals surface area contributed by atoms with E-state index in [1.54, 1.807) is 47.7 Å². The van der Waals surface area contributed by atoms with Crippen LogP contribution >= 0.6 is 0 Å². The molecule has 0 heterocycles. The van der Waals surface area contributed by atoms with Crippen molar-refractivity contribution >= 4 is 11.6 Å². The first-order valence-electron chi connectivity index (χ1n) is 8.64. The average Bonchev–Trinajstić information content (AvgIpc) is 2.72. The summed E-state index contributed by atoms with van der Waals surface area (Å²) in [7, 11) is 7.92. The van der Waals surface area contributed by atoms with Gasteiger partial charge in [0.25, 0.3) is 0 Å². The molecule has 0 aliphatic rings. The molecule has 0 spiro atoms. The zero-order chi connectivity index (χ0) is 20.5. The number of nitrogens with two attached hydrogens (primary N) is 1. The Labute approximate surface area is 165 Å². The van der Waals surface area contributed by atoms with Gasteiger partial charge >= 0.3 is 0 Å². The first kappa shape index (κ1) is 21.0. The highest BCUT2D eigenvalue weighted by molar-refractivity contribution is 5.92. The first-order chi connectivity index (χ1) is 13.6. The Hall–Kier alpha value is -3.29. The van der Waals surface area contributed by atoms with Crippen LogP contribution in [0, 0.1) is 0 Å². The molecule has 0 aromatic heterocycles. The standard InChI is InChI=1S/C20H27N3O5/c1-24-15-9-7-14(12-17(15)26-3)23-20(21)22-11-10-13-6-8-16(25-2)19(28-5)18(13)27-4/h6-9,12H,10-11H2,1-5H3,(H3,21,22,23). The van der Waals surface area contributed by atoms with Gasteiger partial charge in [-0.1, -0.05) is 6.07 Å². The van der Waals surface area contributed by atoms with E-state index in [9.17, 15) is 0 Å². The summed E-state index contributed by atoms with van der Waals surface area (Å²) in [5.74, 6) is 3.35. The fourth-order valence-corrected chi connectivity index (χ4v) is 2.76. The Morgan fingerprint density at radius 3 is 2.07 bits per heavy atom. The molecule has 8 nitrogen and oxygen atoms in total. The molecule has 28 heavy (non-hydrogen) atoms. The van der Waals surface area contributed by atoms with Crippen LogP contribution in [0.4, 0.5) is 5.69 Å². The molecule has 2 rings (SSSR count). The lowest BCUT2D eigenvalue weighted by Gasteiger charge is -2.15. The maximum Gasteiger partial charge on any atom is 0.203 e. The second-order valence-electron chi connectivity index (χ2n) is 5.71. The molecule has 3 N–H and O–H groups in total. The van der Waals surface area contributed by atoms with Crippen LogP contribution in [0.25, 0.3) is 0 Å². The van der Waals surface area contributed by atoms with Gasteiger partial charge in [0, 0.05) is 23.9 Å². The van der Waals surface area contributed by atoms with Gasteiger partial charge in [-0.15, -0.1) is 0 Å². The van der Waals surface area contributed by atoms with Crippen LogP contribution < -0.4 is 34.7 Å². The molecule has 0 aliphatic heterocycles. The van der Waals surface area contributed by atoms with E-state index in [-0.39, 0.29) is 0 Å². The van der Waals surface area contributed by atoms with E-state index in [1.807, 2.05) is 18.2 Å². The summed E-state index contributed by atoms with van der Waals surface area (Å²) in [6, 6.07) is 9.18.